The summed E-state index contributed by atoms with van der Waals surface area (Å²) in [5.41, 5.74) is 1.50. The summed E-state index contributed by atoms with van der Waals surface area (Å²) in [6.07, 6.45) is 0. The Morgan fingerprint density at radius 3 is 2.00 bits per heavy atom. The number of hydrogen-bond acceptors (Lipinski definition) is 0. The Bertz CT molecular complexity index is 21.2. The van der Waals surface area contributed by atoms with Gasteiger partial charge in [-0.3, -0.25) is 0 Å². The third kappa shape index (κ3) is 2.59. The maximum atomic E-state index is 5.02. The van der Waals surface area contributed by atoms with Gasteiger partial charge in [0.05, 0.1) is 0 Å². The van der Waals surface area contributed by atoms with Gasteiger partial charge in [0.1, 0.15) is 0 Å². The molecule has 0 saturated heterocycles. The molecule has 0 aliphatic carbocycles. The van der Waals surface area contributed by atoms with Gasteiger partial charge < -0.3 is 0 Å². The first kappa shape index (κ1) is 4.59. The molecule has 0 amide bonds. The molecule has 0 spiro atoms. The summed E-state index contributed by atoms with van der Waals surface area (Å²) in [6.45, 7) is 0. The van der Waals surface area contributed by atoms with Gasteiger partial charge in [-0.05, 0) is 0 Å². The molecule has 0 N–H and O–H groups in total. The Morgan fingerprint density at radius 1 is 1.75 bits per heavy atom. The predicted octanol–water partition coefficient (Wildman–Crippen LogP) is 0.329. The van der Waals surface area contributed by atoms with Crippen LogP contribution in [0.3, 0.4) is 0 Å². The second-order valence-electron chi connectivity index (χ2n) is 0.318. The molecule has 0 rings (SSSR count). The van der Waals surface area contributed by atoms with E-state index in [9.17, 15) is 0 Å². The molecule has 4 heavy (non-hydrogen) atoms. The van der Waals surface area contributed by atoms with Crippen LogP contribution in [0, 0.1) is 0 Å². The summed E-state index contributed by atoms with van der Waals surface area (Å²) >= 11 is 6.53. The van der Waals surface area contributed by atoms with E-state index in [1.807, 2.05) is 4.86 Å². The van der Waals surface area contributed by atoms with Gasteiger partial charge in [0.25, 0.3) is 0 Å². The van der Waals surface area contributed by atoms with E-state index in [2.05, 4.69) is 0 Å². The van der Waals surface area contributed by atoms with Gasteiger partial charge in [-0.2, -0.15) is 0 Å². The average molecular weight is 138 g/mol. The molecule has 0 aliphatic rings. The van der Waals surface area contributed by atoms with E-state index in [0.717, 1.165) is 0 Å². The third-order valence-electron chi connectivity index (χ3n) is 0.0727. The van der Waals surface area contributed by atoms with Crippen LogP contribution in [-0.4, -0.2) is 16.9 Å². The van der Waals surface area contributed by atoms with E-state index < -0.39 is 0 Å². The summed E-state index contributed by atoms with van der Waals surface area (Å²) in [5, 5.41) is 0. The molecule has 0 bridgehead atoms. The molecule has 0 aromatic heterocycles. The van der Waals surface area contributed by atoms with Gasteiger partial charge in [-0.15, -0.1) is 0 Å². The van der Waals surface area contributed by atoms with E-state index in [1.165, 1.54) is 22.4 Å². The molecule has 2 heteroatoms. The van der Waals surface area contributed by atoms with Crippen LogP contribution in [-0.2, 0) is 0 Å². The Labute approximate surface area is 39.3 Å². The summed E-state index contributed by atoms with van der Waals surface area (Å²) in [5.74, 6) is 0. The molecular weight excluding hydrogens is 134 g/mol. The second-order valence-corrected chi connectivity index (χ2v) is 1.38. The van der Waals surface area contributed by atoms with Crippen molar-refractivity contribution in [1.82, 2.24) is 0 Å². The van der Waals surface area contributed by atoms with Gasteiger partial charge in [-0.25, -0.2) is 0 Å². The van der Waals surface area contributed by atoms with Crippen LogP contribution in [0.15, 0.2) is 10.4 Å². The van der Waals surface area contributed by atoms with Crippen LogP contribution in [0.4, 0.5) is 0 Å². The predicted molar refractivity (Wildman–Crippen MR) is 23.5 cm³/mol. The Morgan fingerprint density at radius 2 is 2.00 bits per heavy atom. The van der Waals surface area contributed by atoms with Crippen molar-refractivity contribution in [2.24, 2.45) is 0 Å². The fourth-order valence-electron chi connectivity index (χ4n) is 0. The average Bonchev–Trinajstić information content (AvgIpc) is 1.37. The molecule has 24 valence electrons. The molecule has 0 aromatic carbocycles. The van der Waals surface area contributed by atoms with E-state index >= 15 is 0 Å². The number of hydrogen-bond donors (Lipinski definition) is 0. The van der Waals surface area contributed by atoms with Gasteiger partial charge in [0.15, 0.2) is 0 Å². The van der Waals surface area contributed by atoms with E-state index in [4.69, 9.17) is 11.6 Å². The van der Waals surface area contributed by atoms with E-state index in [1.54, 1.807) is 0 Å². The summed E-state index contributed by atoms with van der Waals surface area (Å²) in [4.78, 5) is 1.83. The Hall–Kier alpha value is 0.588. The maximum absolute atomic E-state index is 5.02. The molecule has 0 nitrogen and oxygen atoms in total. The normalized spacial score (nSPS) is 9.50. The van der Waals surface area contributed by atoms with Gasteiger partial charge in [0.2, 0.25) is 0 Å². The topological polar surface area (TPSA) is 0 Å². The molecule has 0 aromatic rings. The minimum absolute atomic E-state index is 1.50. The molecular formula is C2H4AsCl. The van der Waals surface area contributed by atoms with E-state index in [-0.39, 0.29) is 0 Å². The zero-order valence-electron chi connectivity index (χ0n) is 2.11. The first-order valence-electron chi connectivity index (χ1n) is 0.885. The van der Waals surface area contributed by atoms with Crippen molar-refractivity contribution in [3.8, 4) is 0 Å². The van der Waals surface area contributed by atoms with Crippen LogP contribution < -0.4 is 0 Å². The fraction of sp³-hybridized carbons (Fsp3) is 0. The summed E-state index contributed by atoms with van der Waals surface area (Å²) in [7, 11) is 0. The van der Waals surface area contributed by atoms with Crippen LogP contribution in [0.25, 0.3) is 0 Å². The molecule has 0 aliphatic heterocycles. The van der Waals surface area contributed by atoms with Crippen LogP contribution >= 0.6 is 11.6 Å². The molecule has 0 saturated carbocycles. The van der Waals surface area contributed by atoms with Gasteiger partial charge in [-0.1, -0.05) is 0 Å². The number of halogens is 1. The van der Waals surface area contributed by atoms with E-state index in [0.29, 0.717) is 0 Å². The zero-order valence-corrected chi connectivity index (χ0v) is 5.29. The molecule has 0 fully saturated rings. The summed E-state index contributed by atoms with van der Waals surface area (Å²) < 4.78 is 0. The van der Waals surface area contributed by atoms with Crippen molar-refractivity contribution in [1.29, 1.82) is 0 Å². The molecule has 0 heterocycles. The standard InChI is InChI=1S/C2H4AsCl/c3-1-2-4/h1-2H,3H2. The minimum atomic E-state index is 1.50. The van der Waals surface area contributed by atoms with Crippen LogP contribution in [0.5, 0.6) is 0 Å². The van der Waals surface area contributed by atoms with Crippen LogP contribution in [0.2, 0.25) is 0 Å². The fourth-order valence-corrected chi connectivity index (χ4v) is 0. The van der Waals surface area contributed by atoms with Crippen molar-refractivity contribution < 1.29 is 0 Å². The quantitative estimate of drug-likeness (QED) is 0.423. The van der Waals surface area contributed by atoms with Crippen molar-refractivity contribution in [3.05, 3.63) is 10.4 Å². The van der Waals surface area contributed by atoms with Crippen molar-refractivity contribution in [3.63, 3.8) is 0 Å². The summed E-state index contributed by atoms with van der Waals surface area (Å²) in [6, 6.07) is 0. The first-order chi connectivity index (χ1) is 1.91. The van der Waals surface area contributed by atoms with Crippen LogP contribution in [0.1, 0.15) is 0 Å². The third-order valence-corrected chi connectivity index (χ3v) is 1.13. The SMILES string of the molecule is ClC=C[AsH2]. The van der Waals surface area contributed by atoms with Crippen molar-refractivity contribution in [2.75, 3.05) is 0 Å². The molecule has 1 atom stereocenters. The Balaban J connectivity index is 2.55. The monoisotopic (exact) mass is 138 g/mol. The van der Waals surface area contributed by atoms with Crippen molar-refractivity contribution >= 4 is 28.5 Å². The van der Waals surface area contributed by atoms with Gasteiger partial charge in [0, 0.05) is 0 Å². The zero-order chi connectivity index (χ0) is 3.41. The second kappa shape index (κ2) is 3.59. The molecule has 0 radical (unpaired) electrons. The number of rotatable bonds is 0. The first-order valence-corrected chi connectivity index (χ1v) is 2.72. The molecule has 1 unspecified atom stereocenters. The van der Waals surface area contributed by atoms with Crippen molar-refractivity contribution in [2.45, 2.75) is 0 Å². The van der Waals surface area contributed by atoms with Gasteiger partial charge >= 0.3 is 38.9 Å². The Kier molecular flexibility index (Phi) is 4.12.